The Kier molecular flexibility index (Phi) is 3.17. The van der Waals surface area contributed by atoms with Crippen LogP contribution in [0.2, 0.25) is 0 Å². The van der Waals surface area contributed by atoms with Gasteiger partial charge in [-0.05, 0) is 23.8 Å². The molecule has 4 nitrogen and oxygen atoms in total. The van der Waals surface area contributed by atoms with Gasteiger partial charge in [0.1, 0.15) is 5.82 Å². The predicted molar refractivity (Wildman–Crippen MR) is 77.1 cm³/mol. The fourth-order valence-corrected chi connectivity index (χ4v) is 2.52. The summed E-state index contributed by atoms with van der Waals surface area (Å²) >= 11 is 0. The molecule has 2 amide bonds. The monoisotopic (exact) mass is 284 g/mol. The SMILES string of the molecule is Nc1cc(N2C(=O)CC(c3ccccc3)C2=O)ccc1F. The zero-order valence-corrected chi connectivity index (χ0v) is 11.1. The first-order valence-electron chi connectivity index (χ1n) is 6.54. The normalized spacial score (nSPS) is 18.3. The molecule has 1 unspecified atom stereocenters. The summed E-state index contributed by atoms with van der Waals surface area (Å²) in [7, 11) is 0. The minimum absolute atomic E-state index is 0.0868. The second-order valence-electron chi connectivity index (χ2n) is 4.94. The number of halogens is 1. The zero-order chi connectivity index (χ0) is 15.0. The number of amides is 2. The van der Waals surface area contributed by atoms with Gasteiger partial charge >= 0.3 is 0 Å². The van der Waals surface area contributed by atoms with Crippen molar-refractivity contribution in [2.75, 3.05) is 10.6 Å². The Morgan fingerprint density at radius 3 is 2.48 bits per heavy atom. The van der Waals surface area contributed by atoms with Crippen LogP contribution in [-0.4, -0.2) is 11.8 Å². The average molecular weight is 284 g/mol. The van der Waals surface area contributed by atoms with Gasteiger partial charge in [-0.25, -0.2) is 9.29 Å². The Balaban J connectivity index is 1.96. The summed E-state index contributed by atoms with van der Waals surface area (Å²) in [5, 5.41) is 0. The largest absolute Gasteiger partial charge is 0.396 e. The van der Waals surface area contributed by atoms with Gasteiger partial charge in [0.05, 0.1) is 17.3 Å². The fourth-order valence-electron chi connectivity index (χ4n) is 2.52. The number of rotatable bonds is 2. The molecule has 1 aliphatic heterocycles. The first-order chi connectivity index (χ1) is 10.1. The Morgan fingerprint density at radius 2 is 1.81 bits per heavy atom. The molecule has 1 saturated heterocycles. The van der Waals surface area contributed by atoms with Crippen LogP contribution < -0.4 is 10.6 Å². The van der Waals surface area contributed by atoms with Gasteiger partial charge in [-0.3, -0.25) is 9.59 Å². The van der Waals surface area contributed by atoms with Crippen molar-refractivity contribution in [1.29, 1.82) is 0 Å². The third-order valence-corrected chi connectivity index (χ3v) is 3.59. The molecular weight excluding hydrogens is 271 g/mol. The lowest BCUT2D eigenvalue weighted by Crippen LogP contribution is -2.30. The lowest BCUT2D eigenvalue weighted by atomic mass is 9.98. The molecule has 0 aromatic heterocycles. The molecule has 1 fully saturated rings. The number of carbonyl (C=O) groups is 2. The average Bonchev–Trinajstić information content (AvgIpc) is 2.78. The van der Waals surface area contributed by atoms with Crippen LogP contribution in [0.15, 0.2) is 48.5 Å². The Bertz CT molecular complexity index is 715. The first kappa shape index (κ1) is 13.3. The highest BCUT2D eigenvalue weighted by Gasteiger charge is 2.40. The van der Waals surface area contributed by atoms with Gasteiger partial charge in [0.15, 0.2) is 0 Å². The number of benzene rings is 2. The summed E-state index contributed by atoms with van der Waals surface area (Å²) in [5.74, 6) is -1.68. The smallest absolute Gasteiger partial charge is 0.241 e. The van der Waals surface area contributed by atoms with Gasteiger partial charge in [0.2, 0.25) is 11.8 Å². The van der Waals surface area contributed by atoms with Crippen molar-refractivity contribution < 1.29 is 14.0 Å². The Labute approximate surface area is 121 Å². The van der Waals surface area contributed by atoms with Crippen molar-refractivity contribution in [2.45, 2.75) is 12.3 Å². The number of hydrogen-bond donors (Lipinski definition) is 1. The number of imide groups is 1. The molecule has 5 heteroatoms. The highest BCUT2D eigenvalue weighted by atomic mass is 19.1. The molecule has 1 aliphatic rings. The van der Waals surface area contributed by atoms with Crippen molar-refractivity contribution in [3.63, 3.8) is 0 Å². The van der Waals surface area contributed by atoms with E-state index < -0.39 is 11.7 Å². The van der Waals surface area contributed by atoms with Crippen LogP contribution >= 0.6 is 0 Å². The lowest BCUT2D eigenvalue weighted by molar-refractivity contribution is -0.121. The van der Waals surface area contributed by atoms with Gasteiger partial charge in [0.25, 0.3) is 0 Å². The van der Waals surface area contributed by atoms with Gasteiger partial charge in [-0.15, -0.1) is 0 Å². The van der Waals surface area contributed by atoms with Crippen molar-refractivity contribution in [1.82, 2.24) is 0 Å². The predicted octanol–water partition coefficient (Wildman–Crippen LogP) is 2.46. The Hall–Kier alpha value is -2.69. The number of nitrogen functional groups attached to an aromatic ring is 1. The minimum Gasteiger partial charge on any atom is -0.396 e. The van der Waals surface area contributed by atoms with Crippen LogP contribution in [0.1, 0.15) is 17.9 Å². The van der Waals surface area contributed by atoms with Crippen LogP contribution in [0, 0.1) is 5.82 Å². The third-order valence-electron chi connectivity index (χ3n) is 3.59. The van der Waals surface area contributed by atoms with E-state index in [0.717, 1.165) is 16.5 Å². The summed E-state index contributed by atoms with van der Waals surface area (Å²) in [6.07, 6.45) is 0.111. The van der Waals surface area contributed by atoms with Crippen LogP contribution in [0.5, 0.6) is 0 Å². The maximum atomic E-state index is 13.2. The van der Waals surface area contributed by atoms with E-state index in [1.807, 2.05) is 30.3 Å². The fraction of sp³-hybridized carbons (Fsp3) is 0.125. The van der Waals surface area contributed by atoms with E-state index in [-0.39, 0.29) is 23.9 Å². The molecule has 3 rings (SSSR count). The molecule has 0 spiro atoms. The van der Waals surface area contributed by atoms with E-state index in [2.05, 4.69) is 0 Å². The van der Waals surface area contributed by atoms with Gasteiger partial charge in [-0.1, -0.05) is 30.3 Å². The van der Waals surface area contributed by atoms with Crippen LogP contribution in [0.4, 0.5) is 15.8 Å². The number of carbonyl (C=O) groups excluding carboxylic acids is 2. The van der Waals surface area contributed by atoms with Crippen molar-refractivity contribution >= 4 is 23.2 Å². The summed E-state index contributed by atoms with van der Waals surface area (Å²) in [5.41, 5.74) is 6.52. The summed E-state index contributed by atoms with van der Waals surface area (Å²) in [6, 6.07) is 13.0. The van der Waals surface area contributed by atoms with Crippen LogP contribution in [0.25, 0.3) is 0 Å². The molecule has 0 aliphatic carbocycles. The number of anilines is 2. The standard InChI is InChI=1S/C16H13FN2O2/c17-13-7-6-11(8-14(13)18)19-15(20)9-12(16(19)21)10-4-2-1-3-5-10/h1-8,12H,9,18H2. The van der Waals surface area contributed by atoms with E-state index in [1.165, 1.54) is 12.1 Å². The zero-order valence-electron chi connectivity index (χ0n) is 11.1. The van der Waals surface area contributed by atoms with Crippen molar-refractivity contribution in [2.24, 2.45) is 0 Å². The van der Waals surface area contributed by atoms with Crippen molar-refractivity contribution in [3.05, 3.63) is 59.9 Å². The van der Waals surface area contributed by atoms with Crippen LogP contribution in [0.3, 0.4) is 0 Å². The second kappa shape index (κ2) is 5.01. The molecule has 106 valence electrons. The van der Waals surface area contributed by atoms with E-state index in [0.29, 0.717) is 5.69 Å². The molecule has 0 radical (unpaired) electrons. The molecule has 2 aromatic carbocycles. The first-order valence-corrected chi connectivity index (χ1v) is 6.54. The maximum Gasteiger partial charge on any atom is 0.241 e. The highest BCUT2D eigenvalue weighted by Crippen LogP contribution is 2.33. The topological polar surface area (TPSA) is 63.4 Å². The molecule has 1 atom stereocenters. The quantitative estimate of drug-likeness (QED) is 0.680. The number of hydrogen-bond acceptors (Lipinski definition) is 3. The molecule has 2 aromatic rings. The van der Waals surface area contributed by atoms with Gasteiger partial charge in [-0.2, -0.15) is 0 Å². The summed E-state index contributed by atoms with van der Waals surface area (Å²) < 4.78 is 13.2. The second-order valence-corrected chi connectivity index (χ2v) is 4.94. The minimum atomic E-state index is -0.572. The van der Waals surface area contributed by atoms with E-state index >= 15 is 0 Å². The summed E-state index contributed by atoms with van der Waals surface area (Å²) in [4.78, 5) is 25.7. The molecule has 1 heterocycles. The molecular formula is C16H13FN2O2. The van der Waals surface area contributed by atoms with E-state index in [4.69, 9.17) is 5.73 Å². The molecule has 21 heavy (non-hydrogen) atoms. The van der Waals surface area contributed by atoms with Crippen molar-refractivity contribution in [3.8, 4) is 0 Å². The third kappa shape index (κ3) is 2.27. The number of nitrogens with zero attached hydrogens (tertiary/aromatic N) is 1. The lowest BCUT2D eigenvalue weighted by Gasteiger charge is -2.15. The molecule has 0 saturated carbocycles. The van der Waals surface area contributed by atoms with Gasteiger partial charge < -0.3 is 5.73 Å². The van der Waals surface area contributed by atoms with Crippen LogP contribution in [-0.2, 0) is 9.59 Å². The van der Waals surface area contributed by atoms with Gasteiger partial charge in [0, 0.05) is 6.42 Å². The maximum absolute atomic E-state index is 13.2. The summed E-state index contributed by atoms with van der Waals surface area (Å²) in [6.45, 7) is 0. The van der Waals surface area contributed by atoms with E-state index in [9.17, 15) is 14.0 Å². The highest BCUT2D eigenvalue weighted by molar-refractivity contribution is 6.22. The molecule has 2 N–H and O–H groups in total. The number of nitrogens with two attached hydrogens (primary N) is 1. The molecule has 0 bridgehead atoms. The van der Waals surface area contributed by atoms with E-state index in [1.54, 1.807) is 0 Å². The Morgan fingerprint density at radius 1 is 1.10 bits per heavy atom.